The molecular weight excluding hydrogens is 212 g/mol. The average molecular weight is 228 g/mol. The van der Waals surface area contributed by atoms with Crippen LogP contribution in [-0.4, -0.2) is 13.4 Å². The number of rotatable bonds is 3. The number of benzene rings is 2. The normalized spacial score (nSPS) is 11.5. The summed E-state index contributed by atoms with van der Waals surface area (Å²) >= 11 is 0. The van der Waals surface area contributed by atoms with E-state index in [1.165, 1.54) is 0 Å². The lowest BCUT2D eigenvalue weighted by atomic mass is 9.85. The van der Waals surface area contributed by atoms with Gasteiger partial charge in [-0.15, -0.1) is 0 Å². The van der Waals surface area contributed by atoms with Crippen molar-refractivity contribution in [3.05, 3.63) is 42.0 Å². The highest BCUT2D eigenvalue weighted by Crippen LogP contribution is 2.30. The summed E-state index contributed by atoms with van der Waals surface area (Å²) in [4.78, 5) is 11.1. The highest BCUT2D eigenvalue weighted by Gasteiger charge is 2.19. The zero-order valence-electron chi connectivity index (χ0n) is 10.4. The molecule has 0 aromatic heterocycles. The number of fused-ring (bicyclic) bond motifs is 1. The monoisotopic (exact) mass is 228 g/mol. The van der Waals surface area contributed by atoms with E-state index in [4.69, 9.17) is 4.74 Å². The van der Waals surface area contributed by atoms with Gasteiger partial charge < -0.3 is 9.53 Å². The molecule has 0 radical (unpaired) electrons. The summed E-state index contributed by atoms with van der Waals surface area (Å²) in [6, 6.07) is 12.0. The Labute approximate surface area is 101 Å². The Morgan fingerprint density at radius 2 is 1.94 bits per heavy atom. The predicted octanol–water partition coefficient (Wildman–Crippen LogP) is 3.32. The van der Waals surface area contributed by atoms with Gasteiger partial charge in [0.25, 0.3) is 0 Å². The fourth-order valence-corrected chi connectivity index (χ4v) is 1.89. The Balaban J connectivity index is 2.68. The number of methoxy groups -OCH3 is 1. The fourth-order valence-electron chi connectivity index (χ4n) is 1.89. The highest BCUT2D eigenvalue weighted by atomic mass is 16.5. The van der Waals surface area contributed by atoms with Crippen LogP contribution in [0.4, 0.5) is 0 Å². The van der Waals surface area contributed by atoms with Crippen molar-refractivity contribution in [1.29, 1.82) is 0 Å². The van der Waals surface area contributed by atoms with Crippen LogP contribution in [0.25, 0.3) is 10.8 Å². The number of carbonyl (C=O) groups excluding carboxylic acids is 1. The molecule has 0 bridgehead atoms. The molecule has 0 unspecified atom stereocenters. The summed E-state index contributed by atoms with van der Waals surface area (Å²) in [5.41, 5.74) is 0.541. The molecule has 0 fully saturated rings. The molecule has 0 saturated heterocycles. The second-order valence-electron chi connectivity index (χ2n) is 4.74. The Kier molecular flexibility index (Phi) is 2.88. The van der Waals surface area contributed by atoms with Gasteiger partial charge in [0.1, 0.15) is 12.0 Å². The zero-order valence-corrected chi connectivity index (χ0v) is 10.4. The van der Waals surface area contributed by atoms with Gasteiger partial charge in [-0.2, -0.15) is 0 Å². The first-order valence-corrected chi connectivity index (χ1v) is 5.62. The maximum atomic E-state index is 11.1. The SMILES string of the molecule is COc1cccc2ccc(C(C)(C)C=O)cc12. The zero-order chi connectivity index (χ0) is 12.5. The molecule has 0 saturated carbocycles. The van der Waals surface area contributed by atoms with Crippen LogP contribution in [0.3, 0.4) is 0 Å². The van der Waals surface area contributed by atoms with Crippen LogP contribution in [0.1, 0.15) is 19.4 Å². The summed E-state index contributed by atoms with van der Waals surface area (Å²) in [5.74, 6) is 0.839. The van der Waals surface area contributed by atoms with Crippen LogP contribution in [-0.2, 0) is 10.2 Å². The molecule has 88 valence electrons. The first-order chi connectivity index (χ1) is 8.08. The van der Waals surface area contributed by atoms with E-state index >= 15 is 0 Å². The minimum absolute atomic E-state index is 0.463. The van der Waals surface area contributed by atoms with Crippen molar-refractivity contribution in [3.8, 4) is 5.75 Å². The summed E-state index contributed by atoms with van der Waals surface area (Å²) in [6.07, 6.45) is 0.976. The molecule has 2 heteroatoms. The molecule has 17 heavy (non-hydrogen) atoms. The van der Waals surface area contributed by atoms with Gasteiger partial charge in [-0.1, -0.05) is 24.3 Å². The van der Waals surface area contributed by atoms with E-state index in [2.05, 4.69) is 0 Å². The number of carbonyl (C=O) groups is 1. The van der Waals surface area contributed by atoms with Gasteiger partial charge in [-0.3, -0.25) is 0 Å². The van der Waals surface area contributed by atoms with Crippen molar-refractivity contribution >= 4 is 17.1 Å². The molecule has 2 nitrogen and oxygen atoms in total. The van der Waals surface area contributed by atoms with Crippen LogP contribution >= 0.6 is 0 Å². The Morgan fingerprint density at radius 1 is 1.18 bits per heavy atom. The molecule has 2 aromatic carbocycles. The van der Waals surface area contributed by atoms with Crippen molar-refractivity contribution in [1.82, 2.24) is 0 Å². The molecule has 0 N–H and O–H groups in total. The van der Waals surface area contributed by atoms with Crippen LogP contribution in [0.2, 0.25) is 0 Å². The second kappa shape index (κ2) is 4.21. The van der Waals surface area contributed by atoms with Crippen LogP contribution < -0.4 is 4.74 Å². The van der Waals surface area contributed by atoms with Gasteiger partial charge in [-0.05, 0) is 36.9 Å². The average Bonchev–Trinajstić information content (AvgIpc) is 2.37. The van der Waals surface area contributed by atoms with E-state index in [1.54, 1.807) is 7.11 Å². The van der Waals surface area contributed by atoms with Crippen molar-refractivity contribution in [2.75, 3.05) is 7.11 Å². The topological polar surface area (TPSA) is 26.3 Å². The number of hydrogen-bond donors (Lipinski definition) is 0. The molecule has 0 spiro atoms. The van der Waals surface area contributed by atoms with Crippen molar-refractivity contribution in [2.45, 2.75) is 19.3 Å². The standard InChI is InChI=1S/C15H16O2/c1-15(2,10-16)12-8-7-11-5-4-6-14(17-3)13(11)9-12/h4-10H,1-3H3. The van der Waals surface area contributed by atoms with Crippen molar-refractivity contribution in [3.63, 3.8) is 0 Å². The number of aldehydes is 1. The van der Waals surface area contributed by atoms with Gasteiger partial charge in [-0.25, -0.2) is 0 Å². The minimum Gasteiger partial charge on any atom is -0.496 e. The quantitative estimate of drug-likeness (QED) is 0.753. The maximum absolute atomic E-state index is 11.1. The summed E-state index contributed by atoms with van der Waals surface area (Å²) < 4.78 is 5.34. The molecular formula is C15H16O2. The second-order valence-corrected chi connectivity index (χ2v) is 4.74. The Hall–Kier alpha value is -1.83. The van der Waals surface area contributed by atoms with Crippen LogP contribution in [0.5, 0.6) is 5.75 Å². The van der Waals surface area contributed by atoms with E-state index in [0.717, 1.165) is 28.4 Å². The molecule has 0 aliphatic carbocycles. The summed E-state index contributed by atoms with van der Waals surface area (Å²) in [6.45, 7) is 3.83. The van der Waals surface area contributed by atoms with E-state index in [1.807, 2.05) is 50.2 Å². The Bertz CT molecular complexity index is 556. The summed E-state index contributed by atoms with van der Waals surface area (Å²) in [5, 5.41) is 2.16. The fraction of sp³-hybridized carbons (Fsp3) is 0.267. The lowest BCUT2D eigenvalue weighted by Crippen LogP contribution is -2.18. The van der Waals surface area contributed by atoms with Gasteiger partial charge in [0.2, 0.25) is 0 Å². The predicted molar refractivity (Wildman–Crippen MR) is 69.6 cm³/mol. The molecule has 2 aromatic rings. The largest absolute Gasteiger partial charge is 0.496 e. The van der Waals surface area contributed by atoms with E-state index in [9.17, 15) is 4.79 Å². The number of hydrogen-bond acceptors (Lipinski definition) is 2. The highest BCUT2D eigenvalue weighted by molar-refractivity contribution is 5.89. The minimum atomic E-state index is -0.463. The van der Waals surface area contributed by atoms with Crippen molar-refractivity contribution < 1.29 is 9.53 Å². The van der Waals surface area contributed by atoms with Crippen molar-refractivity contribution in [2.24, 2.45) is 0 Å². The summed E-state index contributed by atoms with van der Waals surface area (Å²) in [7, 11) is 1.66. The molecule has 0 heterocycles. The van der Waals surface area contributed by atoms with Gasteiger partial charge in [0.15, 0.2) is 0 Å². The van der Waals surface area contributed by atoms with Crippen LogP contribution in [0.15, 0.2) is 36.4 Å². The molecule has 0 amide bonds. The van der Waals surface area contributed by atoms with Gasteiger partial charge in [0.05, 0.1) is 7.11 Å². The van der Waals surface area contributed by atoms with E-state index in [-0.39, 0.29) is 0 Å². The van der Waals surface area contributed by atoms with Gasteiger partial charge in [0, 0.05) is 10.8 Å². The third-order valence-corrected chi connectivity index (χ3v) is 3.10. The van der Waals surface area contributed by atoms with Gasteiger partial charge >= 0.3 is 0 Å². The third kappa shape index (κ3) is 2.03. The molecule has 0 atom stereocenters. The third-order valence-electron chi connectivity index (χ3n) is 3.10. The van der Waals surface area contributed by atoms with E-state index < -0.39 is 5.41 Å². The number of ether oxygens (including phenoxy) is 1. The first kappa shape index (κ1) is 11.6. The smallest absolute Gasteiger partial charge is 0.129 e. The maximum Gasteiger partial charge on any atom is 0.129 e. The molecule has 2 rings (SSSR count). The Morgan fingerprint density at radius 3 is 2.59 bits per heavy atom. The lowest BCUT2D eigenvalue weighted by Gasteiger charge is -2.18. The van der Waals surface area contributed by atoms with E-state index in [0.29, 0.717) is 0 Å². The van der Waals surface area contributed by atoms with Crippen LogP contribution in [0, 0.1) is 0 Å². The molecule has 0 aliphatic rings. The lowest BCUT2D eigenvalue weighted by molar-refractivity contribution is -0.111. The molecule has 0 aliphatic heterocycles. The first-order valence-electron chi connectivity index (χ1n) is 5.62.